The minimum Gasteiger partial charge on any atom is -0.484 e. The molecule has 1 heterocycles. The summed E-state index contributed by atoms with van der Waals surface area (Å²) in [7, 11) is 0. The average molecular weight is 378 g/mol. The van der Waals surface area contributed by atoms with Crippen molar-refractivity contribution in [2.24, 2.45) is 0 Å². The predicted molar refractivity (Wildman–Crippen MR) is 97.7 cm³/mol. The normalized spacial score (nSPS) is 16.5. The quantitative estimate of drug-likeness (QED) is 0.730. The third-order valence-corrected chi connectivity index (χ3v) is 4.51. The van der Waals surface area contributed by atoms with Gasteiger partial charge >= 0.3 is 0 Å². The fraction of sp³-hybridized carbons (Fsp3) is 0.350. The molecule has 138 valence electrons. The van der Waals surface area contributed by atoms with Gasteiger partial charge in [0.1, 0.15) is 11.6 Å². The van der Waals surface area contributed by atoms with E-state index in [-0.39, 0.29) is 31.0 Å². The number of benzene rings is 2. The minimum atomic E-state index is -0.326. The number of hydrogen-bond donors (Lipinski definition) is 0. The molecule has 4 nitrogen and oxygen atoms in total. The SMILES string of the molecule is O=C(COc1cccc(Cl)c1)N(Cc1ccccc1F)CC1CCCO1. The van der Waals surface area contributed by atoms with Crippen molar-refractivity contribution < 1.29 is 18.7 Å². The molecule has 1 fully saturated rings. The Morgan fingerprint density at radius 2 is 2.12 bits per heavy atom. The molecule has 0 spiro atoms. The Morgan fingerprint density at radius 1 is 1.27 bits per heavy atom. The number of ether oxygens (including phenoxy) is 2. The molecule has 2 aromatic rings. The van der Waals surface area contributed by atoms with Crippen molar-refractivity contribution in [3.05, 3.63) is 64.9 Å². The molecular formula is C20H21ClFNO3. The Balaban J connectivity index is 1.66. The van der Waals surface area contributed by atoms with E-state index in [9.17, 15) is 9.18 Å². The Bertz CT molecular complexity index is 749. The standard InChI is InChI=1S/C20H21ClFNO3/c21-16-6-3-7-17(11-16)26-14-20(24)23(13-18-8-4-10-25-18)12-15-5-1-2-9-19(15)22/h1-3,5-7,9,11,18H,4,8,10,12-14H2. The molecule has 1 aliphatic heterocycles. The maximum Gasteiger partial charge on any atom is 0.260 e. The first-order valence-electron chi connectivity index (χ1n) is 8.63. The second-order valence-corrected chi connectivity index (χ2v) is 6.68. The topological polar surface area (TPSA) is 38.8 Å². The van der Waals surface area contributed by atoms with Crippen LogP contribution in [0.2, 0.25) is 5.02 Å². The largest absolute Gasteiger partial charge is 0.484 e. The lowest BCUT2D eigenvalue weighted by Crippen LogP contribution is -2.39. The predicted octanol–water partition coefficient (Wildman–Crippen LogP) is 4.07. The van der Waals surface area contributed by atoms with Crippen LogP contribution in [0.5, 0.6) is 5.75 Å². The summed E-state index contributed by atoms with van der Waals surface area (Å²) >= 11 is 5.93. The van der Waals surface area contributed by atoms with Crippen LogP contribution in [0.15, 0.2) is 48.5 Å². The molecule has 1 unspecified atom stereocenters. The summed E-state index contributed by atoms with van der Waals surface area (Å²) in [5, 5.41) is 0.539. The minimum absolute atomic E-state index is 0.0168. The zero-order valence-electron chi connectivity index (χ0n) is 14.4. The van der Waals surface area contributed by atoms with Crippen molar-refractivity contribution in [2.45, 2.75) is 25.5 Å². The Labute approximate surface area is 157 Å². The molecule has 1 aliphatic rings. The first-order chi connectivity index (χ1) is 12.6. The van der Waals surface area contributed by atoms with Crippen LogP contribution in [0.3, 0.4) is 0 Å². The summed E-state index contributed by atoms with van der Waals surface area (Å²) in [5.74, 6) is -0.0223. The highest BCUT2D eigenvalue weighted by atomic mass is 35.5. The third kappa shape index (κ3) is 5.19. The molecule has 0 bridgehead atoms. The highest BCUT2D eigenvalue weighted by molar-refractivity contribution is 6.30. The number of amides is 1. The number of nitrogens with zero attached hydrogens (tertiary/aromatic N) is 1. The molecule has 1 atom stereocenters. The van der Waals surface area contributed by atoms with Crippen LogP contribution in [-0.2, 0) is 16.1 Å². The molecule has 2 aromatic carbocycles. The van der Waals surface area contributed by atoms with Crippen LogP contribution < -0.4 is 4.74 Å². The summed E-state index contributed by atoms with van der Waals surface area (Å²) in [5.41, 5.74) is 0.474. The van der Waals surface area contributed by atoms with Crippen molar-refractivity contribution in [3.63, 3.8) is 0 Å². The van der Waals surface area contributed by atoms with Crippen LogP contribution in [-0.4, -0.2) is 36.7 Å². The highest BCUT2D eigenvalue weighted by Gasteiger charge is 2.23. The van der Waals surface area contributed by atoms with E-state index >= 15 is 0 Å². The van der Waals surface area contributed by atoms with Gasteiger partial charge in [0.2, 0.25) is 0 Å². The van der Waals surface area contributed by atoms with E-state index in [1.807, 2.05) is 0 Å². The van der Waals surface area contributed by atoms with Crippen molar-refractivity contribution in [1.29, 1.82) is 0 Å². The highest BCUT2D eigenvalue weighted by Crippen LogP contribution is 2.19. The van der Waals surface area contributed by atoms with Gasteiger partial charge < -0.3 is 14.4 Å². The molecule has 1 saturated heterocycles. The van der Waals surface area contributed by atoms with E-state index in [1.165, 1.54) is 6.07 Å². The third-order valence-electron chi connectivity index (χ3n) is 4.28. The number of hydrogen-bond acceptors (Lipinski definition) is 3. The first kappa shape index (κ1) is 18.7. The lowest BCUT2D eigenvalue weighted by atomic mass is 10.1. The monoisotopic (exact) mass is 377 g/mol. The molecule has 3 rings (SSSR count). The van der Waals surface area contributed by atoms with Gasteiger partial charge in [-0.2, -0.15) is 0 Å². The number of rotatable bonds is 7. The van der Waals surface area contributed by atoms with Gasteiger partial charge in [0.25, 0.3) is 5.91 Å². The smallest absolute Gasteiger partial charge is 0.260 e. The second kappa shape index (κ2) is 9.01. The molecule has 1 amide bonds. The van der Waals surface area contributed by atoms with Crippen LogP contribution in [0.25, 0.3) is 0 Å². The molecular weight excluding hydrogens is 357 g/mol. The van der Waals surface area contributed by atoms with E-state index in [0.717, 1.165) is 12.8 Å². The van der Waals surface area contributed by atoms with E-state index in [1.54, 1.807) is 47.4 Å². The van der Waals surface area contributed by atoms with Gasteiger partial charge in [-0.15, -0.1) is 0 Å². The van der Waals surface area contributed by atoms with Gasteiger partial charge in [-0.1, -0.05) is 35.9 Å². The van der Waals surface area contributed by atoms with Gasteiger partial charge in [0, 0.05) is 30.3 Å². The van der Waals surface area contributed by atoms with Crippen molar-refractivity contribution >= 4 is 17.5 Å². The molecule has 0 radical (unpaired) electrons. The zero-order valence-corrected chi connectivity index (χ0v) is 15.1. The average Bonchev–Trinajstić information content (AvgIpc) is 3.14. The molecule has 6 heteroatoms. The Hall–Kier alpha value is -2.11. The number of carbonyl (C=O) groups is 1. The van der Waals surface area contributed by atoms with Crippen LogP contribution >= 0.6 is 11.6 Å². The van der Waals surface area contributed by atoms with Gasteiger partial charge in [0.15, 0.2) is 6.61 Å². The fourth-order valence-corrected chi connectivity index (χ4v) is 3.09. The maximum absolute atomic E-state index is 14.0. The van der Waals surface area contributed by atoms with E-state index in [2.05, 4.69) is 0 Å². The summed E-state index contributed by atoms with van der Waals surface area (Å²) in [6.07, 6.45) is 1.86. The molecule has 0 aromatic heterocycles. The summed E-state index contributed by atoms with van der Waals surface area (Å²) < 4.78 is 25.2. The number of carbonyl (C=O) groups excluding carboxylic acids is 1. The fourth-order valence-electron chi connectivity index (χ4n) is 2.91. The van der Waals surface area contributed by atoms with Crippen molar-refractivity contribution in [2.75, 3.05) is 19.8 Å². The van der Waals surface area contributed by atoms with Crippen molar-refractivity contribution in [3.8, 4) is 5.75 Å². The van der Waals surface area contributed by atoms with E-state index in [4.69, 9.17) is 21.1 Å². The summed E-state index contributed by atoms with van der Waals surface area (Å²) in [4.78, 5) is 14.3. The molecule has 26 heavy (non-hydrogen) atoms. The van der Waals surface area contributed by atoms with Gasteiger partial charge in [-0.05, 0) is 37.1 Å². The summed E-state index contributed by atoms with van der Waals surface area (Å²) in [6, 6.07) is 13.3. The van der Waals surface area contributed by atoms with E-state index in [0.29, 0.717) is 29.5 Å². The van der Waals surface area contributed by atoms with Crippen LogP contribution in [0.4, 0.5) is 4.39 Å². The molecule has 0 aliphatic carbocycles. The lowest BCUT2D eigenvalue weighted by molar-refractivity contribution is -0.135. The lowest BCUT2D eigenvalue weighted by Gasteiger charge is -2.26. The summed E-state index contributed by atoms with van der Waals surface area (Å²) in [6.45, 7) is 1.17. The van der Waals surface area contributed by atoms with Gasteiger partial charge in [0.05, 0.1) is 6.10 Å². The molecule has 0 saturated carbocycles. The number of halogens is 2. The molecule has 0 N–H and O–H groups in total. The Kier molecular flexibility index (Phi) is 6.47. The van der Waals surface area contributed by atoms with Crippen molar-refractivity contribution in [1.82, 2.24) is 4.90 Å². The van der Waals surface area contributed by atoms with Gasteiger partial charge in [-0.3, -0.25) is 4.79 Å². The van der Waals surface area contributed by atoms with Crippen LogP contribution in [0, 0.1) is 5.82 Å². The maximum atomic E-state index is 14.0. The van der Waals surface area contributed by atoms with Gasteiger partial charge in [-0.25, -0.2) is 4.39 Å². The van der Waals surface area contributed by atoms with E-state index < -0.39 is 0 Å². The Morgan fingerprint density at radius 3 is 2.85 bits per heavy atom. The van der Waals surface area contributed by atoms with Crippen LogP contribution in [0.1, 0.15) is 18.4 Å². The second-order valence-electron chi connectivity index (χ2n) is 6.25. The zero-order chi connectivity index (χ0) is 18.4. The first-order valence-corrected chi connectivity index (χ1v) is 9.01.